The Morgan fingerprint density at radius 3 is 2.75 bits per heavy atom. The zero-order chi connectivity index (χ0) is 20.5. The molecular formula is C17H15Cl2N3O4S2. The maximum absolute atomic E-state index is 12.6. The van der Waals surface area contributed by atoms with Crippen molar-refractivity contribution >= 4 is 61.2 Å². The van der Waals surface area contributed by atoms with Gasteiger partial charge in [0.2, 0.25) is 10.0 Å². The Kier molecular flexibility index (Phi) is 6.21. The van der Waals surface area contributed by atoms with Crippen molar-refractivity contribution in [3.8, 4) is 0 Å². The van der Waals surface area contributed by atoms with Gasteiger partial charge in [0.05, 0.1) is 39.9 Å². The second kappa shape index (κ2) is 8.30. The van der Waals surface area contributed by atoms with Gasteiger partial charge in [0, 0.05) is 16.4 Å². The predicted octanol–water partition coefficient (Wildman–Crippen LogP) is 2.74. The number of hydrogen-bond acceptors (Lipinski definition) is 6. The summed E-state index contributed by atoms with van der Waals surface area (Å²) in [5.41, 5.74) is -0.0755. The highest BCUT2D eigenvalue weighted by molar-refractivity contribution is 7.88. The van der Waals surface area contributed by atoms with Crippen LogP contribution in [0, 0.1) is 0 Å². The average molecular weight is 460 g/mol. The van der Waals surface area contributed by atoms with E-state index in [9.17, 15) is 18.0 Å². The summed E-state index contributed by atoms with van der Waals surface area (Å²) >= 11 is 13.3. The molecule has 0 amide bonds. The summed E-state index contributed by atoms with van der Waals surface area (Å²) in [4.78, 5) is 30.7. The van der Waals surface area contributed by atoms with Crippen molar-refractivity contribution in [2.75, 3.05) is 12.8 Å². The van der Waals surface area contributed by atoms with E-state index in [1.807, 2.05) is 0 Å². The molecule has 0 saturated heterocycles. The van der Waals surface area contributed by atoms with Gasteiger partial charge in [-0.05, 0) is 30.7 Å². The fourth-order valence-electron chi connectivity index (χ4n) is 2.56. The number of benzene rings is 1. The summed E-state index contributed by atoms with van der Waals surface area (Å²) in [6, 6.07) is 6.40. The number of hydrogen-bond donors (Lipinski definition) is 1. The minimum atomic E-state index is -3.25. The Balaban J connectivity index is 1.77. The molecule has 0 saturated carbocycles. The standard InChI is InChI=1S/C17H15Cl2N3O4S2/c1-28(25,26)21-5-4-11-2-3-15(27-11)14(23)8-22-9-20-16-12(17(22)24)6-10(18)7-13(16)19/h2-3,6-7,9,21H,4-5,8H2,1H3. The topological polar surface area (TPSA) is 98.1 Å². The number of ketones is 1. The molecule has 0 spiro atoms. The molecule has 1 aromatic carbocycles. The smallest absolute Gasteiger partial charge is 0.261 e. The van der Waals surface area contributed by atoms with E-state index in [2.05, 4.69) is 9.71 Å². The van der Waals surface area contributed by atoms with E-state index in [1.54, 1.807) is 12.1 Å². The van der Waals surface area contributed by atoms with Crippen LogP contribution >= 0.6 is 34.5 Å². The highest BCUT2D eigenvalue weighted by Crippen LogP contribution is 2.24. The van der Waals surface area contributed by atoms with Crippen LogP contribution in [0.3, 0.4) is 0 Å². The number of carbonyl (C=O) groups is 1. The maximum atomic E-state index is 12.6. The first kappa shape index (κ1) is 20.9. The van der Waals surface area contributed by atoms with Crippen molar-refractivity contribution in [3.05, 3.63) is 60.7 Å². The fraction of sp³-hybridized carbons (Fsp3) is 0.235. The van der Waals surface area contributed by atoms with Gasteiger partial charge in [-0.3, -0.25) is 14.2 Å². The molecule has 11 heteroatoms. The van der Waals surface area contributed by atoms with Gasteiger partial charge in [0.15, 0.2) is 5.78 Å². The van der Waals surface area contributed by atoms with Crippen LogP contribution in [0.25, 0.3) is 10.9 Å². The minimum Gasteiger partial charge on any atom is -0.291 e. The van der Waals surface area contributed by atoms with Crippen LogP contribution in [0.15, 0.2) is 35.4 Å². The van der Waals surface area contributed by atoms with Gasteiger partial charge in [0.25, 0.3) is 5.56 Å². The Labute approximate surface area is 175 Å². The Bertz CT molecular complexity index is 1220. The molecule has 0 unspecified atom stereocenters. The van der Waals surface area contributed by atoms with Gasteiger partial charge in [-0.25, -0.2) is 18.1 Å². The Morgan fingerprint density at radius 2 is 2.04 bits per heavy atom. The largest absolute Gasteiger partial charge is 0.291 e. The van der Waals surface area contributed by atoms with Crippen LogP contribution in [-0.4, -0.2) is 36.6 Å². The minimum absolute atomic E-state index is 0.173. The molecule has 1 N–H and O–H groups in total. The van der Waals surface area contributed by atoms with Crippen LogP contribution in [0.1, 0.15) is 14.5 Å². The number of nitrogens with one attached hydrogen (secondary N) is 1. The van der Waals surface area contributed by atoms with Crippen LogP contribution in [0.2, 0.25) is 10.0 Å². The van der Waals surface area contributed by atoms with Gasteiger partial charge >= 0.3 is 0 Å². The first-order valence-electron chi connectivity index (χ1n) is 8.05. The molecule has 7 nitrogen and oxygen atoms in total. The van der Waals surface area contributed by atoms with E-state index in [1.165, 1.54) is 34.4 Å². The molecule has 3 aromatic rings. The van der Waals surface area contributed by atoms with E-state index < -0.39 is 15.6 Å². The molecule has 0 fully saturated rings. The third-order valence-electron chi connectivity index (χ3n) is 3.83. The SMILES string of the molecule is CS(=O)(=O)NCCc1ccc(C(=O)Cn2cnc3c(Cl)cc(Cl)cc3c2=O)s1. The summed E-state index contributed by atoms with van der Waals surface area (Å²) in [5, 5.41) is 0.821. The van der Waals surface area contributed by atoms with Crippen molar-refractivity contribution in [3.63, 3.8) is 0 Å². The molecule has 0 aliphatic carbocycles. The quantitative estimate of drug-likeness (QED) is 0.547. The first-order chi connectivity index (χ1) is 13.1. The summed E-state index contributed by atoms with van der Waals surface area (Å²) in [6.45, 7) is 0.0794. The third-order valence-corrected chi connectivity index (χ3v) is 6.25. The van der Waals surface area contributed by atoms with E-state index in [4.69, 9.17) is 23.2 Å². The lowest BCUT2D eigenvalue weighted by molar-refractivity contribution is 0.0974. The van der Waals surface area contributed by atoms with Gasteiger partial charge in [0.1, 0.15) is 0 Å². The Morgan fingerprint density at radius 1 is 1.29 bits per heavy atom. The second-order valence-corrected chi connectivity index (χ2v) is 9.91. The molecule has 0 radical (unpaired) electrons. The lowest BCUT2D eigenvalue weighted by atomic mass is 10.2. The van der Waals surface area contributed by atoms with Crippen molar-refractivity contribution in [1.29, 1.82) is 0 Å². The fourth-order valence-corrected chi connectivity index (χ4v) is 4.51. The summed E-state index contributed by atoms with van der Waals surface area (Å²) in [6.07, 6.45) is 2.85. The number of carbonyl (C=O) groups excluding carboxylic acids is 1. The van der Waals surface area contributed by atoms with Gasteiger partial charge in [-0.2, -0.15) is 0 Å². The number of aromatic nitrogens is 2. The van der Waals surface area contributed by atoms with Crippen LogP contribution < -0.4 is 10.3 Å². The molecule has 0 atom stereocenters. The molecule has 0 bridgehead atoms. The van der Waals surface area contributed by atoms with Gasteiger partial charge in [-0.1, -0.05) is 23.2 Å². The van der Waals surface area contributed by atoms with E-state index in [-0.39, 0.29) is 29.3 Å². The molecule has 0 aliphatic rings. The number of fused-ring (bicyclic) bond motifs is 1. The number of thiophene rings is 1. The molecule has 3 rings (SSSR count). The highest BCUT2D eigenvalue weighted by atomic mass is 35.5. The second-order valence-electron chi connectivity index (χ2n) is 6.07. The Hall–Kier alpha value is -1.78. The van der Waals surface area contributed by atoms with Crippen LogP contribution in [0.4, 0.5) is 0 Å². The summed E-state index contributed by atoms with van der Waals surface area (Å²) in [7, 11) is -3.25. The predicted molar refractivity (Wildman–Crippen MR) is 111 cm³/mol. The first-order valence-corrected chi connectivity index (χ1v) is 11.5. The number of nitrogens with zero attached hydrogens (tertiary/aromatic N) is 2. The van der Waals surface area contributed by atoms with Gasteiger partial charge in [-0.15, -0.1) is 11.3 Å². The monoisotopic (exact) mass is 459 g/mol. The molecule has 2 aromatic heterocycles. The molecule has 0 aliphatic heterocycles. The van der Waals surface area contributed by atoms with Crippen molar-refractivity contribution in [1.82, 2.24) is 14.3 Å². The zero-order valence-electron chi connectivity index (χ0n) is 14.6. The molecule has 28 heavy (non-hydrogen) atoms. The van der Waals surface area contributed by atoms with E-state index in [0.717, 1.165) is 11.1 Å². The average Bonchev–Trinajstić information content (AvgIpc) is 3.05. The van der Waals surface area contributed by atoms with E-state index in [0.29, 0.717) is 21.8 Å². The number of Topliss-reactive ketones (excluding diaryl/α,β-unsaturated/α-hetero) is 1. The number of halogens is 2. The summed E-state index contributed by atoms with van der Waals surface area (Å²) in [5.74, 6) is -0.247. The third kappa shape index (κ3) is 4.98. The lowest BCUT2D eigenvalue weighted by Gasteiger charge is -2.06. The van der Waals surface area contributed by atoms with Crippen molar-refractivity contribution in [2.24, 2.45) is 0 Å². The lowest BCUT2D eigenvalue weighted by Crippen LogP contribution is -2.24. The van der Waals surface area contributed by atoms with Crippen molar-refractivity contribution in [2.45, 2.75) is 13.0 Å². The zero-order valence-corrected chi connectivity index (χ0v) is 17.8. The number of rotatable bonds is 7. The normalized spacial score (nSPS) is 11.8. The van der Waals surface area contributed by atoms with Crippen LogP contribution in [-0.2, 0) is 23.0 Å². The van der Waals surface area contributed by atoms with Gasteiger partial charge < -0.3 is 0 Å². The van der Waals surface area contributed by atoms with E-state index >= 15 is 0 Å². The molecule has 148 valence electrons. The number of sulfonamides is 1. The molecule has 2 heterocycles. The van der Waals surface area contributed by atoms with Crippen LogP contribution in [0.5, 0.6) is 0 Å². The molecular weight excluding hydrogens is 445 g/mol. The van der Waals surface area contributed by atoms with Crippen molar-refractivity contribution < 1.29 is 13.2 Å². The summed E-state index contributed by atoms with van der Waals surface area (Å²) < 4.78 is 25.8. The maximum Gasteiger partial charge on any atom is 0.261 e. The highest BCUT2D eigenvalue weighted by Gasteiger charge is 2.14.